The molecule has 1 aliphatic heterocycles. The summed E-state index contributed by atoms with van der Waals surface area (Å²) in [6.45, 7) is 8.77. The van der Waals surface area contributed by atoms with E-state index in [1.807, 2.05) is 67.3 Å². The van der Waals surface area contributed by atoms with E-state index in [0.29, 0.717) is 35.1 Å². The van der Waals surface area contributed by atoms with Gasteiger partial charge in [0, 0.05) is 23.5 Å². The fourth-order valence-corrected chi connectivity index (χ4v) is 4.44. The zero-order valence-corrected chi connectivity index (χ0v) is 21.1. The Morgan fingerprint density at radius 1 is 1.06 bits per heavy atom. The lowest BCUT2D eigenvalue weighted by Gasteiger charge is -2.37. The van der Waals surface area contributed by atoms with Crippen molar-refractivity contribution in [3.8, 4) is 0 Å². The van der Waals surface area contributed by atoms with E-state index in [9.17, 15) is 9.59 Å². The molecule has 6 nitrogen and oxygen atoms in total. The van der Waals surface area contributed by atoms with Gasteiger partial charge in [-0.2, -0.15) is 0 Å². The van der Waals surface area contributed by atoms with Gasteiger partial charge < -0.3 is 20.3 Å². The number of aryl methyl sites for hydroxylation is 1. The Balaban J connectivity index is 1.77. The summed E-state index contributed by atoms with van der Waals surface area (Å²) in [5.41, 5.74) is 4.72. The Labute approximate surface area is 207 Å². The molecule has 1 amide bonds. The Kier molecular flexibility index (Phi) is 8.82. The van der Waals surface area contributed by atoms with Gasteiger partial charge in [-0.1, -0.05) is 37.6 Å². The molecule has 2 aromatic rings. The number of hydrogen-bond acceptors (Lipinski definition) is 4. The Morgan fingerprint density at radius 2 is 1.74 bits per heavy atom. The average Bonchev–Trinajstić information content (AvgIpc) is 2.83. The minimum Gasteiger partial charge on any atom is -0.463 e. The third-order valence-electron chi connectivity index (χ3n) is 5.94. The molecule has 0 aromatic heterocycles. The molecule has 2 aromatic carbocycles. The van der Waals surface area contributed by atoms with Crippen LogP contribution in [0.4, 0.5) is 5.69 Å². The number of thiocarbonyl (C=S) groups is 1. The van der Waals surface area contributed by atoms with Crippen molar-refractivity contribution in [3.05, 3.63) is 76.5 Å². The quantitative estimate of drug-likeness (QED) is 0.372. The number of ether oxygens (including phenoxy) is 1. The summed E-state index contributed by atoms with van der Waals surface area (Å²) in [6.07, 6.45) is 3.31. The standard InChI is InChI=1S/C27H33N3O3S/c1-5-8-9-19-10-12-21(13-11-19)25(31)28-22-16-14-20(15-17-22)24-23(26(32)33-7-3)18(4)30(6-2)27(34)29-24/h10-17,24H,5-9H2,1-4H3,(H,28,31)(H,29,34). The van der Waals surface area contributed by atoms with Crippen LogP contribution in [-0.4, -0.2) is 35.0 Å². The second-order valence-corrected chi connectivity index (χ2v) is 8.61. The number of allylic oxidation sites excluding steroid dienone is 1. The first-order valence-electron chi connectivity index (χ1n) is 11.9. The van der Waals surface area contributed by atoms with E-state index in [4.69, 9.17) is 17.0 Å². The van der Waals surface area contributed by atoms with Gasteiger partial charge in [0.15, 0.2) is 5.11 Å². The molecule has 0 fully saturated rings. The topological polar surface area (TPSA) is 70.7 Å². The summed E-state index contributed by atoms with van der Waals surface area (Å²) in [6, 6.07) is 14.8. The highest BCUT2D eigenvalue weighted by molar-refractivity contribution is 7.80. The van der Waals surface area contributed by atoms with Crippen LogP contribution in [0.25, 0.3) is 0 Å². The SMILES string of the molecule is CCCCc1ccc(C(=O)Nc2ccc(C3NC(=S)N(CC)C(C)=C3C(=O)OCC)cc2)cc1. The first-order chi connectivity index (χ1) is 16.4. The molecule has 1 unspecified atom stereocenters. The molecule has 0 spiro atoms. The molecule has 1 heterocycles. The summed E-state index contributed by atoms with van der Waals surface area (Å²) < 4.78 is 5.32. The third-order valence-corrected chi connectivity index (χ3v) is 6.28. The summed E-state index contributed by atoms with van der Waals surface area (Å²) in [5, 5.41) is 6.78. The molecule has 7 heteroatoms. The van der Waals surface area contributed by atoms with Crippen molar-refractivity contribution in [2.24, 2.45) is 0 Å². The van der Waals surface area contributed by atoms with Crippen LogP contribution >= 0.6 is 12.2 Å². The van der Waals surface area contributed by atoms with Crippen LogP contribution in [0.5, 0.6) is 0 Å². The van der Waals surface area contributed by atoms with Crippen LogP contribution in [0.2, 0.25) is 0 Å². The lowest BCUT2D eigenvalue weighted by Crippen LogP contribution is -2.47. The van der Waals surface area contributed by atoms with Gasteiger partial charge in [0.1, 0.15) is 0 Å². The van der Waals surface area contributed by atoms with Crippen LogP contribution in [0.3, 0.4) is 0 Å². The van der Waals surface area contributed by atoms with Gasteiger partial charge in [-0.15, -0.1) is 0 Å². The van der Waals surface area contributed by atoms with E-state index in [1.54, 1.807) is 6.92 Å². The number of benzene rings is 2. The average molecular weight is 480 g/mol. The summed E-state index contributed by atoms with van der Waals surface area (Å²) in [7, 11) is 0. The molecule has 2 N–H and O–H groups in total. The van der Waals surface area contributed by atoms with Gasteiger partial charge in [0.2, 0.25) is 0 Å². The number of esters is 1. The van der Waals surface area contributed by atoms with Crippen LogP contribution in [0.1, 0.15) is 68.1 Å². The van der Waals surface area contributed by atoms with Gasteiger partial charge in [-0.3, -0.25) is 4.79 Å². The molecular formula is C27H33N3O3S. The second-order valence-electron chi connectivity index (χ2n) is 8.22. The van der Waals surface area contributed by atoms with Gasteiger partial charge in [-0.25, -0.2) is 4.79 Å². The lowest BCUT2D eigenvalue weighted by molar-refractivity contribution is -0.139. The highest BCUT2D eigenvalue weighted by Gasteiger charge is 2.34. The molecule has 0 saturated heterocycles. The second kappa shape index (κ2) is 11.8. The number of hydrogen-bond donors (Lipinski definition) is 2. The molecule has 1 atom stereocenters. The molecule has 0 radical (unpaired) electrons. The molecule has 3 rings (SSSR count). The van der Waals surface area contributed by atoms with Crippen LogP contribution in [0, 0.1) is 0 Å². The van der Waals surface area contributed by atoms with Gasteiger partial charge >= 0.3 is 5.97 Å². The summed E-state index contributed by atoms with van der Waals surface area (Å²) >= 11 is 5.53. The monoisotopic (exact) mass is 479 g/mol. The molecule has 0 bridgehead atoms. The van der Waals surface area contributed by atoms with E-state index in [-0.39, 0.29) is 11.9 Å². The molecular weight excluding hydrogens is 446 g/mol. The van der Waals surface area contributed by atoms with Crippen molar-refractivity contribution in [2.45, 2.75) is 53.0 Å². The van der Waals surface area contributed by atoms with E-state index in [0.717, 1.165) is 30.5 Å². The maximum atomic E-state index is 12.8. The van der Waals surface area contributed by atoms with E-state index in [2.05, 4.69) is 17.6 Å². The van der Waals surface area contributed by atoms with Crippen molar-refractivity contribution in [1.29, 1.82) is 0 Å². The zero-order valence-electron chi connectivity index (χ0n) is 20.3. The van der Waals surface area contributed by atoms with Crippen molar-refractivity contribution in [2.75, 3.05) is 18.5 Å². The first kappa shape index (κ1) is 25.4. The molecule has 0 aliphatic carbocycles. The van der Waals surface area contributed by atoms with Crippen LogP contribution in [-0.2, 0) is 16.0 Å². The van der Waals surface area contributed by atoms with Gasteiger partial charge in [0.05, 0.1) is 18.2 Å². The molecule has 34 heavy (non-hydrogen) atoms. The molecule has 0 saturated carbocycles. The first-order valence-corrected chi connectivity index (χ1v) is 12.3. The Hall–Kier alpha value is -3.19. The number of nitrogens with zero attached hydrogens (tertiary/aromatic N) is 1. The fraction of sp³-hybridized carbons (Fsp3) is 0.370. The summed E-state index contributed by atoms with van der Waals surface area (Å²) in [4.78, 5) is 27.3. The normalized spacial score (nSPS) is 15.7. The van der Waals surface area contributed by atoms with Gasteiger partial charge in [-0.05, 0) is 81.2 Å². The highest BCUT2D eigenvalue weighted by Crippen LogP contribution is 2.32. The van der Waals surface area contributed by atoms with E-state index < -0.39 is 6.04 Å². The number of nitrogens with one attached hydrogen (secondary N) is 2. The number of amides is 1. The van der Waals surface area contributed by atoms with Crippen molar-refractivity contribution < 1.29 is 14.3 Å². The minimum absolute atomic E-state index is 0.159. The lowest BCUT2D eigenvalue weighted by atomic mass is 9.95. The Morgan fingerprint density at radius 3 is 2.32 bits per heavy atom. The summed E-state index contributed by atoms with van der Waals surface area (Å²) in [5.74, 6) is -0.522. The third kappa shape index (κ3) is 5.83. The van der Waals surface area contributed by atoms with E-state index in [1.165, 1.54) is 5.56 Å². The van der Waals surface area contributed by atoms with Crippen LogP contribution < -0.4 is 10.6 Å². The highest BCUT2D eigenvalue weighted by atomic mass is 32.1. The predicted octanol–water partition coefficient (Wildman–Crippen LogP) is 5.37. The maximum absolute atomic E-state index is 12.8. The van der Waals surface area contributed by atoms with Crippen molar-refractivity contribution in [3.63, 3.8) is 0 Å². The number of unbranched alkanes of at least 4 members (excludes halogenated alkanes) is 1. The minimum atomic E-state index is -0.422. The number of carbonyl (C=O) groups is 2. The van der Waals surface area contributed by atoms with Crippen molar-refractivity contribution in [1.82, 2.24) is 10.2 Å². The van der Waals surface area contributed by atoms with Crippen LogP contribution in [0.15, 0.2) is 59.8 Å². The largest absolute Gasteiger partial charge is 0.463 e. The van der Waals surface area contributed by atoms with Gasteiger partial charge in [0.25, 0.3) is 5.91 Å². The fourth-order valence-electron chi connectivity index (χ4n) is 4.05. The number of carbonyl (C=O) groups excluding carboxylic acids is 2. The van der Waals surface area contributed by atoms with E-state index >= 15 is 0 Å². The number of anilines is 1. The predicted molar refractivity (Wildman–Crippen MR) is 140 cm³/mol. The van der Waals surface area contributed by atoms with Crippen molar-refractivity contribution >= 4 is 34.9 Å². The molecule has 1 aliphatic rings. The maximum Gasteiger partial charge on any atom is 0.338 e. The molecule has 180 valence electrons. The smallest absolute Gasteiger partial charge is 0.338 e. The zero-order chi connectivity index (χ0) is 24.7. The Bertz CT molecular complexity index is 1060. The number of rotatable bonds is 9.